The molecule has 4 rings (SSSR count). The summed E-state index contributed by atoms with van der Waals surface area (Å²) >= 11 is 1.50. The van der Waals surface area contributed by atoms with Gasteiger partial charge in [-0.2, -0.15) is 0 Å². The van der Waals surface area contributed by atoms with Gasteiger partial charge in [0.25, 0.3) is 0 Å². The second kappa shape index (κ2) is 4.95. The van der Waals surface area contributed by atoms with Gasteiger partial charge < -0.3 is 18.8 Å². The third-order valence-corrected chi connectivity index (χ3v) is 4.83. The SMILES string of the molecule is CCOC(=O)c1c2n(c3cc4c(cc3c1=O)OCO4)CCS2. The van der Waals surface area contributed by atoms with Crippen molar-refractivity contribution in [1.29, 1.82) is 0 Å². The lowest BCUT2D eigenvalue weighted by Gasteiger charge is -2.13. The largest absolute Gasteiger partial charge is 0.462 e. The summed E-state index contributed by atoms with van der Waals surface area (Å²) in [6, 6.07) is 3.46. The molecule has 2 aromatic rings. The van der Waals surface area contributed by atoms with Gasteiger partial charge in [0.1, 0.15) is 5.56 Å². The van der Waals surface area contributed by atoms with Gasteiger partial charge in [0.15, 0.2) is 11.5 Å². The van der Waals surface area contributed by atoms with E-state index in [1.807, 2.05) is 10.6 Å². The van der Waals surface area contributed by atoms with E-state index < -0.39 is 5.97 Å². The number of carbonyl (C=O) groups excluding carboxylic acids is 1. The molecule has 0 aliphatic carbocycles. The Morgan fingerprint density at radius 2 is 2.14 bits per heavy atom. The number of thioether (sulfide) groups is 1. The molecule has 1 aromatic heterocycles. The quantitative estimate of drug-likeness (QED) is 0.789. The van der Waals surface area contributed by atoms with Gasteiger partial charge in [0.2, 0.25) is 12.2 Å². The smallest absolute Gasteiger partial charge is 0.344 e. The molecule has 22 heavy (non-hydrogen) atoms. The first kappa shape index (κ1) is 13.5. The molecule has 0 radical (unpaired) electrons. The van der Waals surface area contributed by atoms with Crippen LogP contribution in [0.15, 0.2) is 22.0 Å². The highest BCUT2D eigenvalue weighted by atomic mass is 32.2. The minimum absolute atomic E-state index is 0.121. The normalized spacial score (nSPS) is 15.1. The highest BCUT2D eigenvalue weighted by molar-refractivity contribution is 7.99. The third-order valence-electron chi connectivity index (χ3n) is 3.75. The first-order chi connectivity index (χ1) is 10.7. The summed E-state index contributed by atoms with van der Waals surface area (Å²) in [5.74, 6) is 1.41. The van der Waals surface area contributed by atoms with E-state index in [0.29, 0.717) is 21.9 Å². The van der Waals surface area contributed by atoms with Crippen LogP contribution in [0.1, 0.15) is 17.3 Å². The molecule has 0 saturated heterocycles. The van der Waals surface area contributed by atoms with E-state index >= 15 is 0 Å². The summed E-state index contributed by atoms with van der Waals surface area (Å²) in [6.45, 7) is 2.85. The van der Waals surface area contributed by atoms with Gasteiger partial charge in [0, 0.05) is 18.4 Å². The number of rotatable bonds is 2. The molecule has 0 bridgehead atoms. The number of aryl methyl sites for hydroxylation is 1. The maximum absolute atomic E-state index is 12.8. The predicted octanol–water partition coefficient (Wildman–Crippen LogP) is 2.01. The highest BCUT2D eigenvalue weighted by Crippen LogP contribution is 2.38. The fourth-order valence-electron chi connectivity index (χ4n) is 2.80. The highest BCUT2D eigenvalue weighted by Gasteiger charge is 2.28. The van der Waals surface area contributed by atoms with Crippen LogP contribution in [-0.4, -0.2) is 29.7 Å². The fourth-order valence-corrected chi connectivity index (χ4v) is 3.93. The van der Waals surface area contributed by atoms with E-state index in [9.17, 15) is 9.59 Å². The Balaban J connectivity index is 2.06. The van der Waals surface area contributed by atoms with Crippen molar-refractivity contribution in [3.05, 3.63) is 27.9 Å². The molecule has 114 valence electrons. The van der Waals surface area contributed by atoms with E-state index in [1.54, 1.807) is 13.0 Å². The lowest BCUT2D eigenvalue weighted by Crippen LogP contribution is -2.22. The minimum Gasteiger partial charge on any atom is -0.462 e. The number of carbonyl (C=O) groups is 1. The number of pyridine rings is 1. The minimum atomic E-state index is -0.565. The maximum Gasteiger partial charge on any atom is 0.344 e. The van der Waals surface area contributed by atoms with Crippen molar-refractivity contribution in [1.82, 2.24) is 4.57 Å². The molecule has 0 atom stereocenters. The van der Waals surface area contributed by atoms with Gasteiger partial charge in [-0.05, 0) is 13.0 Å². The van der Waals surface area contributed by atoms with E-state index in [4.69, 9.17) is 14.2 Å². The molecule has 3 heterocycles. The number of hydrogen-bond acceptors (Lipinski definition) is 6. The molecule has 2 aliphatic rings. The van der Waals surface area contributed by atoms with Crippen LogP contribution in [0.3, 0.4) is 0 Å². The van der Waals surface area contributed by atoms with Crippen molar-refractivity contribution < 1.29 is 19.0 Å². The van der Waals surface area contributed by atoms with Gasteiger partial charge in [-0.1, -0.05) is 0 Å². The van der Waals surface area contributed by atoms with Crippen LogP contribution < -0.4 is 14.9 Å². The molecular formula is C15H13NO5S. The Kier molecular flexibility index (Phi) is 3.04. The van der Waals surface area contributed by atoms with Gasteiger partial charge >= 0.3 is 5.97 Å². The van der Waals surface area contributed by atoms with Crippen LogP contribution >= 0.6 is 11.8 Å². The lowest BCUT2D eigenvalue weighted by molar-refractivity contribution is 0.0519. The summed E-state index contributed by atoms with van der Waals surface area (Å²) in [7, 11) is 0. The van der Waals surface area contributed by atoms with Crippen molar-refractivity contribution in [2.24, 2.45) is 0 Å². The van der Waals surface area contributed by atoms with Crippen molar-refractivity contribution >= 4 is 28.6 Å². The summed E-state index contributed by atoms with van der Waals surface area (Å²) < 4.78 is 17.8. The van der Waals surface area contributed by atoms with Crippen molar-refractivity contribution in [2.75, 3.05) is 19.2 Å². The zero-order valence-corrected chi connectivity index (χ0v) is 12.7. The first-order valence-corrected chi connectivity index (χ1v) is 7.99. The average molecular weight is 319 g/mol. The van der Waals surface area contributed by atoms with Crippen LogP contribution in [0.5, 0.6) is 11.5 Å². The summed E-state index contributed by atoms with van der Waals surface area (Å²) in [5.41, 5.74) is 0.574. The van der Waals surface area contributed by atoms with E-state index in [-0.39, 0.29) is 24.4 Å². The number of aromatic nitrogens is 1. The Hall–Kier alpha value is -2.15. The zero-order chi connectivity index (χ0) is 15.3. The second-order valence-corrected chi connectivity index (χ2v) is 6.04. The lowest BCUT2D eigenvalue weighted by atomic mass is 10.1. The number of ether oxygens (including phenoxy) is 3. The Labute approximate surface area is 130 Å². The number of fused-ring (bicyclic) bond motifs is 4. The number of hydrogen-bond donors (Lipinski definition) is 0. The van der Waals surface area contributed by atoms with Gasteiger partial charge in [0.05, 0.1) is 22.5 Å². The topological polar surface area (TPSA) is 66.8 Å². The number of benzene rings is 1. The standard InChI is InChI=1S/C15H13NO5S/c1-2-19-15(18)12-13(17)8-5-10-11(21-7-20-10)6-9(8)16-3-4-22-14(12)16/h5-6H,2-4,7H2,1H3. The van der Waals surface area contributed by atoms with Crippen molar-refractivity contribution in [3.63, 3.8) is 0 Å². The molecule has 2 aliphatic heterocycles. The van der Waals surface area contributed by atoms with E-state index in [0.717, 1.165) is 17.8 Å². The van der Waals surface area contributed by atoms with Gasteiger partial charge in [-0.15, -0.1) is 11.8 Å². The van der Waals surface area contributed by atoms with Crippen LogP contribution in [0.25, 0.3) is 10.9 Å². The van der Waals surface area contributed by atoms with E-state index in [1.165, 1.54) is 11.8 Å². The molecular weight excluding hydrogens is 306 g/mol. The van der Waals surface area contributed by atoms with Crippen LogP contribution in [0.2, 0.25) is 0 Å². The number of esters is 1. The van der Waals surface area contributed by atoms with Crippen molar-refractivity contribution in [2.45, 2.75) is 18.5 Å². The van der Waals surface area contributed by atoms with Gasteiger partial charge in [-0.25, -0.2) is 4.79 Å². The van der Waals surface area contributed by atoms with Crippen molar-refractivity contribution in [3.8, 4) is 11.5 Å². The van der Waals surface area contributed by atoms with Crippen LogP contribution in [-0.2, 0) is 11.3 Å². The van der Waals surface area contributed by atoms with Crippen LogP contribution in [0.4, 0.5) is 0 Å². The Morgan fingerprint density at radius 3 is 2.91 bits per heavy atom. The number of nitrogens with zero attached hydrogens (tertiary/aromatic N) is 1. The monoisotopic (exact) mass is 319 g/mol. The molecule has 0 saturated carbocycles. The molecule has 0 N–H and O–H groups in total. The molecule has 6 nitrogen and oxygen atoms in total. The maximum atomic E-state index is 12.8. The predicted molar refractivity (Wildman–Crippen MR) is 81.0 cm³/mol. The summed E-state index contributed by atoms with van der Waals surface area (Å²) in [4.78, 5) is 25.0. The first-order valence-electron chi connectivity index (χ1n) is 7.00. The third kappa shape index (κ3) is 1.81. The second-order valence-electron chi connectivity index (χ2n) is 4.95. The molecule has 0 unspecified atom stereocenters. The molecule has 0 fully saturated rings. The summed E-state index contributed by atoms with van der Waals surface area (Å²) in [6.07, 6.45) is 0. The van der Waals surface area contributed by atoms with Crippen LogP contribution in [0, 0.1) is 0 Å². The zero-order valence-electron chi connectivity index (χ0n) is 11.9. The molecule has 7 heteroatoms. The molecule has 1 aromatic carbocycles. The van der Waals surface area contributed by atoms with E-state index in [2.05, 4.69) is 0 Å². The average Bonchev–Trinajstić information content (AvgIpc) is 3.14. The molecule has 0 spiro atoms. The summed E-state index contributed by atoms with van der Waals surface area (Å²) in [5, 5.41) is 1.13. The van der Waals surface area contributed by atoms with Gasteiger partial charge in [-0.3, -0.25) is 4.79 Å². The Bertz CT molecular complexity index is 857. The molecule has 0 amide bonds. The Morgan fingerprint density at radius 1 is 1.36 bits per heavy atom. The fraction of sp³-hybridized carbons (Fsp3) is 0.333.